The van der Waals surface area contributed by atoms with Gasteiger partial charge in [0.05, 0.1) is 0 Å². The van der Waals surface area contributed by atoms with Gasteiger partial charge in [-0.25, -0.2) is 0 Å². The van der Waals surface area contributed by atoms with Gasteiger partial charge in [0.1, 0.15) is 0 Å². The molecule has 0 spiro atoms. The van der Waals surface area contributed by atoms with Gasteiger partial charge in [0, 0.05) is 6.42 Å². The Morgan fingerprint density at radius 2 is 1.05 bits per heavy atom. The third-order valence-electron chi connectivity index (χ3n) is 3.70. The molecule has 1 N–H and O–H groups in total. The van der Waals surface area contributed by atoms with Gasteiger partial charge in [0.2, 0.25) is 0 Å². The van der Waals surface area contributed by atoms with Crippen LogP contribution in [0.2, 0.25) is 0 Å². The van der Waals surface area contributed by atoms with Crippen LogP contribution in [0.3, 0.4) is 0 Å². The summed E-state index contributed by atoms with van der Waals surface area (Å²) in [6.45, 7) is 1.60. The molecule has 0 radical (unpaired) electrons. The van der Waals surface area contributed by atoms with Gasteiger partial charge in [-0.15, -0.1) is 0 Å². The zero-order valence-corrected chi connectivity index (χ0v) is 11.8. The van der Waals surface area contributed by atoms with Crippen LogP contribution in [-0.2, 0) is 4.79 Å². The second kappa shape index (κ2) is 5.41. The van der Waals surface area contributed by atoms with Gasteiger partial charge in [-0.3, -0.25) is 4.79 Å². The molecule has 0 amide bonds. The molecule has 2 nitrogen and oxygen atoms in total. The van der Waals surface area contributed by atoms with Crippen molar-refractivity contribution in [2.75, 3.05) is 0 Å². The molecular weight excluding hydrogens is 260 g/mol. The lowest BCUT2D eigenvalue weighted by molar-refractivity contribution is -0.136. The number of hydrogen-bond acceptors (Lipinski definition) is 1. The van der Waals surface area contributed by atoms with Crippen LogP contribution in [0.25, 0.3) is 32.3 Å². The molecule has 4 rings (SSSR count). The van der Waals surface area contributed by atoms with E-state index >= 15 is 0 Å². The van der Waals surface area contributed by atoms with E-state index in [4.69, 9.17) is 5.11 Å². The first-order chi connectivity index (χ1) is 10.2. The quantitative estimate of drug-likeness (QED) is 0.493. The van der Waals surface area contributed by atoms with Crippen LogP contribution in [-0.4, -0.2) is 11.1 Å². The van der Waals surface area contributed by atoms with Gasteiger partial charge in [0.25, 0.3) is 0 Å². The molecule has 0 saturated heterocycles. The number of carbonyl (C=O) groups is 1. The average Bonchev–Trinajstić information content (AvgIpc) is 2.53. The number of benzene rings is 4. The molecule has 0 aliphatic heterocycles. The highest BCUT2D eigenvalue weighted by atomic mass is 16.4. The molecule has 0 heterocycles. The maximum absolute atomic E-state index is 9.37. The Balaban J connectivity index is 0.000000233. The fourth-order valence-electron chi connectivity index (χ4n) is 2.67. The van der Waals surface area contributed by atoms with Crippen LogP contribution in [0.4, 0.5) is 0 Å². The van der Waals surface area contributed by atoms with Crippen LogP contribution < -0.4 is 0 Å². The highest BCUT2D eigenvalue weighted by Gasteiger charge is 2.05. The van der Waals surface area contributed by atoms with E-state index < -0.39 is 5.97 Å². The zero-order valence-electron chi connectivity index (χ0n) is 11.8. The van der Waals surface area contributed by atoms with Gasteiger partial charge >= 0.3 is 5.97 Å². The van der Waals surface area contributed by atoms with E-state index in [-0.39, 0.29) is 6.42 Å². The van der Waals surface area contributed by atoms with E-state index in [0.29, 0.717) is 0 Å². The maximum Gasteiger partial charge on any atom is 0.303 e. The summed E-state index contributed by atoms with van der Waals surface area (Å²) in [6, 6.07) is 21.9. The lowest BCUT2D eigenvalue weighted by atomic mass is 9.95. The van der Waals surface area contributed by atoms with Crippen LogP contribution in [0.5, 0.6) is 0 Å². The van der Waals surface area contributed by atoms with Gasteiger partial charge in [-0.2, -0.15) is 0 Å². The molecule has 104 valence electrons. The van der Waals surface area contributed by atoms with Crippen LogP contribution in [0.15, 0.2) is 60.7 Å². The Hall–Kier alpha value is -2.61. The van der Waals surface area contributed by atoms with Crippen LogP contribution in [0, 0.1) is 0 Å². The molecule has 0 fully saturated rings. The molecule has 2 heteroatoms. The van der Waals surface area contributed by atoms with Crippen molar-refractivity contribution in [2.24, 2.45) is 0 Å². The van der Waals surface area contributed by atoms with Crippen LogP contribution in [0.1, 0.15) is 13.3 Å². The minimum absolute atomic E-state index is 0.222. The summed E-state index contributed by atoms with van der Waals surface area (Å²) >= 11 is 0. The van der Waals surface area contributed by atoms with Crippen molar-refractivity contribution in [1.82, 2.24) is 0 Å². The summed E-state index contributed by atoms with van der Waals surface area (Å²) in [6.07, 6.45) is 0.222. The molecular formula is C19H16O2. The van der Waals surface area contributed by atoms with E-state index in [2.05, 4.69) is 60.7 Å². The largest absolute Gasteiger partial charge is 0.481 e. The smallest absolute Gasteiger partial charge is 0.303 e. The van der Waals surface area contributed by atoms with E-state index in [1.165, 1.54) is 32.3 Å². The number of aliphatic carboxylic acids is 1. The highest BCUT2D eigenvalue weighted by molar-refractivity contribution is 6.22. The molecule has 0 bridgehead atoms. The van der Waals surface area contributed by atoms with Crippen molar-refractivity contribution in [2.45, 2.75) is 13.3 Å². The first-order valence-corrected chi connectivity index (χ1v) is 7.05. The molecule has 4 aromatic rings. The summed E-state index contributed by atoms with van der Waals surface area (Å²) in [5.74, 6) is -0.745. The lowest BCUT2D eigenvalue weighted by Gasteiger charge is -2.09. The van der Waals surface area contributed by atoms with E-state index in [0.717, 1.165) is 0 Å². The summed E-state index contributed by atoms with van der Waals surface area (Å²) in [7, 11) is 0. The maximum atomic E-state index is 9.37. The van der Waals surface area contributed by atoms with Gasteiger partial charge in [-0.05, 0) is 32.3 Å². The molecule has 0 unspecified atom stereocenters. The molecule has 0 aromatic heterocycles. The normalized spacial score (nSPS) is 10.7. The zero-order chi connectivity index (χ0) is 14.8. The van der Waals surface area contributed by atoms with Gasteiger partial charge in [0.15, 0.2) is 0 Å². The molecule has 0 aliphatic rings. The Kier molecular flexibility index (Phi) is 3.44. The minimum atomic E-state index is -0.745. The molecule has 21 heavy (non-hydrogen) atoms. The van der Waals surface area contributed by atoms with Crippen molar-refractivity contribution in [3.63, 3.8) is 0 Å². The second-order valence-corrected chi connectivity index (χ2v) is 5.04. The molecule has 4 aromatic carbocycles. The standard InChI is InChI=1S/C16H10.C3H6O2/c1-3-11-7-9-13-5-2-6-14-10-8-12(4-1)15(11)16(13)14;1-2-3(4)5/h1-10H;2H2,1H3,(H,4,5). The molecule has 0 aliphatic carbocycles. The number of carboxylic acids is 1. The van der Waals surface area contributed by atoms with Gasteiger partial charge in [-0.1, -0.05) is 67.6 Å². The van der Waals surface area contributed by atoms with Crippen LogP contribution >= 0.6 is 0 Å². The number of rotatable bonds is 1. The predicted octanol–water partition coefficient (Wildman–Crippen LogP) is 5.07. The summed E-state index contributed by atoms with van der Waals surface area (Å²) in [4.78, 5) is 9.37. The Morgan fingerprint density at radius 1 is 0.762 bits per heavy atom. The van der Waals surface area contributed by atoms with E-state index in [9.17, 15) is 4.79 Å². The summed E-state index contributed by atoms with van der Waals surface area (Å²) in [5, 5.41) is 15.9. The van der Waals surface area contributed by atoms with E-state index in [1.807, 2.05) is 0 Å². The van der Waals surface area contributed by atoms with E-state index in [1.54, 1.807) is 6.92 Å². The Bertz CT molecular complexity index is 779. The van der Waals surface area contributed by atoms with Crippen molar-refractivity contribution in [3.8, 4) is 0 Å². The van der Waals surface area contributed by atoms with Crippen molar-refractivity contribution in [1.29, 1.82) is 0 Å². The number of hydrogen-bond donors (Lipinski definition) is 1. The van der Waals surface area contributed by atoms with Crippen molar-refractivity contribution >= 4 is 38.3 Å². The second-order valence-electron chi connectivity index (χ2n) is 5.04. The first kappa shape index (κ1) is 13.4. The Morgan fingerprint density at radius 3 is 1.29 bits per heavy atom. The first-order valence-electron chi connectivity index (χ1n) is 7.05. The predicted molar refractivity (Wildman–Crippen MR) is 88.1 cm³/mol. The third-order valence-corrected chi connectivity index (χ3v) is 3.70. The lowest BCUT2D eigenvalue weighted by Crippen LogP contribution is -1.86. The van der Waals surface area contributed by atoms with Crippen molar-refractivity contribution in [3.05, 3.63) is 60.7 Å². The fraction of sp³-hybridized carbons (Fsp3) is 0.105. The monoisotopic (exact) mass is 276 g/mol. The number of carboxylic acid groups (broad SMARTS) is 1. The van der Waals surface area contributed by atoms with Gasteiger partial charge < -0.3 is 5.11 Å². The third kappa shape index (κ3) is 2.40. The average molecular weight is 276 g/mol. The SMILES string of the molecule is CCC(=O)O.c1cc2ccc3cccc4ccc(c1)c2c34. The molecule has 0 atom stereocenters. The summed E-state index contributed by atoms with van der Waals surface area (Å²) < 4.78 is 0. The Labute approximate surface area is 123 Å². The summed E-state index contributed by atoms with van der Waals surface area (Å²) in [5.41, 5.74) is 0. The topological polar surface area (TPSA) is 37.3 Å². The van der Waals surface area contributed by atoms with Crippen molar-refractivity contribution < 1.29 is 9.90 Å². The minimum Gasteiger partial charge on any atom is -0.481 e. The fourth-order valence-corrected chi connectivity index (χ4v) is 2.67. The highest BCUT2D eigenvalue weighted by Crippen LogP contribution is 2.33. The molecule has 0 saturated carbocycles.